The zero-order valence-corrected chi connectivity index (χ0v) is 20.8. The molecule has 5 N–H and O–H groups in total. The summed E-state index contributed by atoms with van der Waals surface area (Å²) in [5.41, 5.74) is 0.197. The fourth-order valence-electron chi connectivity index (χ4n) is 6.42. The van der Waals surface area contributed by atoms with E-state index in [2.05, 4.69) is 32.6 Å². The van der Waals surface area contributed by atoms with E-state index in [1.807, 2.05) is 6.08 Å². The van der Waals surface area contributed by atoms with E-state index >= 15 is 0 Å². The van der Waals surface area contributed by atoms with Gasteiger partial charge in [-0.05, 0) is 86.7 Å². The second-order valence-corrected chi connectivity index (χ2v) is 11.5. The number of allylic oxidation sites excluding steroid dienone is 4. The van der Waals surface area contributed by atoms with Gasteiger partial charge in [0.2, 0.25) is 0 Å². The lowest BCUT2D eigenvalue weighted by Gasteiger charge is -2.44. The summed E-state index contributed by atoms with van der Waals surface area (Å²) in [6, 6.07) is 0. The molecule has 3 saturated carbocycles. The van der Waals surface area contributed by atoms with Gasteiger partial charge >= 0.3 is 0 Å². The highest BCUT2D eigenvalue weighted by molar-refractivity contribution is 5.38. The van der Waals surface area contributed by atoms with E-state index in [1.54, 1.807) is 6.08 Å². The number of rotatable bonds is 6. The standard InChI is InChI=1S/C28H44O5/c1-18(12-14-27(4,32)28(5,33)17-29)23-10-11-24-20(7-6-13-26(23,24)3)8-9-21-15-22(30)16-25(31)19(21)2/h8-9,12,14,18,22-25,29-33H,2,6-7,10-11,13,15-17H2,1,3-5H3/b14-12+,20-8+,21-9+/t18-,22-,23-,24+,25+,26-,27-,28?/m1/s1. The van der Waals surface area contributed by atoms with Crippen LogP contribution in [0.2, 0.25) is 0 Å². The van der Waals surface area contributed by atoms with Gasteiger partial charge < -0.3 is 25.5 Å². The molecule has 0 aliphatic heterocycles. The van der Waals surface area contributed by atoms with Gasteiger partial charge in [-0.15, -0.1) is 0 Å². The Balaban J connectivity index is 1.78. The second-order valence-electron chi connectivity index (χ2n) is 11.5. The lowest BCUT2D eigenvalue weighted by molar-refractivity contribution is -0.126. The minimum atomic E-state index is -1.59. The van der Waals surface area contributed by atoms with E-state index in [0.717, 1.165) is 36.8 Å². The molecule has 0 radical (unpaired) electrons. The molecule has 186 valence electrons. The van der Waals surface area contributed by atoms with E-state index in [1.165, 1.54) is 25.8 Å². The van der Waals surface area contributed by atoms with Gasteiger partial charge in [0.25, 0.3) is 0 Å². The van der Waals surface area contributed by atoms with Crippen LogP contribution in [0.25, 0.3) is 0 Å². The highest BCUT2D eigenvalue weighted by atomic mass is 16.4. The Morgan fingerprint density at radius 1 is 1.18 bits per heavy atom. The molecule has 3 aliphatic rings. The Labute approximate surface area is 199 Å². The van der Waals surface area contributed by atoms with Crippen molar-refractivity contribution >= 4 is 0 Å². The van der Waals surface area contributed by atoms with Crippen LogP contribution < -0.4 is 0 Å². The van der Waals surface area contributed by atoms with Gasteiger partial charge in [0.05, 0.1) is 18.8 Å². The molecule has 1 unspecified atom stereocenters. The van der Waals surface area contributed by atoms with E-state index in [9.17, 15) is 25.5 Å². The smallest absolute Gasteiger partial charge is 0.117 e. The summed E-state index contributed by atoms with van der Waals surface area (Å²) in [6.45, 7) is 11.1. The van der Waals surface area contributed by atoms with Crippen molar-refractivity contribution in [2.45, 2.75) is 96.1 Å². The molecule has 0 amide bonds. The van der Waals surface area contributed by atoms with Crippen molar-refractivity contribution < 1.29 is 25.5 Å². The van der Waals surface area contributed by atoms with Crippen molar-refractivity contribution in [3.05, 3.63) is 47.6 Å². The van der Waals surface area contributed by atoms with Crippen LogP contribution in [-0.2, 0) is 0 Å². The van der Waals surface area contributed by atoms with Gasteiger partial charge in [0, 0.05) is 6.42 Å². The third-order valence-corrected chi connectivity index (χ3v) is 9.06. The summed E-state index contributed by atoms with van der Waals surface area (Å²) in [5, 5.41) is 50.6. The van der Waals surface area contributed by atoms with Crippen molar-refractivity contribution in [2.75, 3.05) is 6.61 Å². The third kappa shape index (κ3) is 5.23. The first-order valence-corrected chi connectivity index (χ1v) is 12.5. The number of aliphatic hydroxyl groups is 5. The zero-order chi connectivity index (χ0) is 24.6. The number of hydrogen-bond acceptors (Lipinski definition) is 5. The molecule has 3 aliphatic carbocycles. The normalized spacial score (nSPS) is 40.1. The van der Waals surface area contributed by atoms with Crippen molar-refractivity contribution in [1.29, 1.82) is 0 Å². The molecule has 3 fully saturated rings. The van der Waals surface area contributed by atoms with Gasteiger partial charge in [-0.2, -0.15) is 0 Å². The third-order valence-electron chi connectivity index (χ3n) is 9.06. The van der Waals surface area contributed by atoms with Gasteiger partial charge in [0.1, 0.15) is 11.2 Å². The van der Waals surface area contributed by atoms with Crippen LogP contribution in [0.5, 0.6) is 0 Å². The maximum atomic E-state index is 10.7. The summed E-state index contributed by atoms with van der Waals surface area (Å²) in [7, 11) is 0. The second kappa shape index (κ2) is 9.79. The topological polar surface area (TPSA) is 101 Å². The largest absolute Gasteiger partial charge is 0.393 e. The Hall–Kier alpha value is -1.24. The first-order valence-electron chi connectivity index (χ1n) is 12.5. The highest BCUT2D eigenvalue weighted by Gasteiger charge is 2.50. The Morgan fingerprint density at radius 2 is 1.88 bits per heavy atom. The maximum absolute atomic E-state index is 10.7. The van der Waals surface area contributed by atoms with Crippen LogP contribution in [-0.4, -0.2) is 55.5 Å². The van der Waals surface area contributed by atoms with Crippen molar-refractivity contribution in [3.8, 4) is 0 Å². The molecule has 0 aromatic rings. The van der Waals surface area contributed by atoms with Gasteiger partial charge in [-0.3, -0.25) is 0 Å². The molecule has 0 aromatic carbocycles. The predicted octanol–water partition coefficient (Wildman–Crippen LogP) is 3.81. The summed E-state index contributed by atoms with van der Waals surface area (Å²) < 4.78 is 0. The van der Waals surface area contributed by atoms with Crippen LogP contribution >= 0.6 is 0 Å². The van der Waals surface area contributed by atoms with Crippen LogP contribution in [0.1, 0.15) is 72.6 Å². The number of fused-ring (bicyclic) bond motifs is 1. The van der Waals surface area contributed by atoms with Crippen molar-refractivity contribution in [2.24, 2.45) is 23.2 Å². The Morgan fingerprint density at radius 3 is 2.55 bits per heavy atom. The van der Waals surface area contributed by atoms with E-state index in [4.69, 9.17) is 0 Å². The zero-order valence-electron chi connectivity index (χ0n) is 20.8. The first kappa shape index (κ1) is 26.4. The summed E-state index contributed by atoms with van der Waals surface area (Å²) in [5.74, 6) is 1.21. The minimum absolute atomic E-state index is 0.167. The molecule has 5 heteroatoms. The van der Waals surface area contributed by atoms with Crippen molar-refractivity contribution in [3.63, 3.8) is 0 Å². The number of hydrogen-bond donors (Lipinski definition) is 5. The fourth-order valence-corrected chi connectivity index (χ4v) is 6.42. The first-order chi connectivity index (χ1) is 15.3. The van der Waals surface area contributed by atoms with E-state index in [-0.39, 0.29) is 11.3 Å². The lowest BCUT2D eigenvalue weighted by atomic mass is 9.61. The predicted molar refractivity (Wildman–Crippen MR) is 131 cm³/mol. The average Bonchev–Trinajstić information content (AvgIpc) is 3.11. The quantitative estimate of drug-likeness (QED) is 0.388. The Bertz CT molecular complexity index is 820. The summed E-state index contributed by atoms with van der Waals surface area (Å²) in [6.07, 6.45) is 13.3. The van der Waals surface area contributed by atoms with Crippen molar-refractivity contribution in [1.82, 2.24) is 0 Å². The summed E-state index contributed by atoms with van der Waals surface area (Å²) in [4.78, 5) is 0. The molecule has 0 bridgehead atoms. The fraction of sp³-hybridized carbons (Fsp3) is 0.714. The van der Waals surface area contributed by atoms with E-state index < -0.39 is 30.0 Å². The molecule has 0 spiro atoms. The van der Waals surface area contributed by atoms with Gasteiger partial charge in [-0.1, -0.05) is 50.3 Å². The molecule has 33 heavy (non-hydrogen) atoms. The highest BCUT2D eigenvalue weighted by Crippen LogP contribution is 2.59. The van der Waals surface area contributed by atoms with Gasteiger partial charge in [-0.25, -0.2) is 0 Å². The Kier molecular flexibility index (Phi) is 7.82. The minimum Gasteiger partial charge on any atom is -0.393 e. The van der Waals surface area contributed by atoms with E-state index in [0.29, 0.717) is 24.7 Å². The molecule has 0 aromatic heterocycles. The molecule has 0 saturated heterocycles. The molecule has 8 atom stereocenters. The van der Waals surface area contributed by atoms with Gasteiger partial charge in [0.15, 0.2) is 0 Å². The molecule has 3 rings (SSSR count). The molecule has 5 nitrogen and oxygen atoms in total. The monoisotopic (exact) mass is 460 g/mol. The van der Waals surface area contributed by atoms with Crippen LogP contribution in [0, 0.1) is 23.2 Å². The van der Waals surface area contributed by atoms with Crippen LogP contribution in [0.4, 0.5) is 0 Å². The molecule has 0 heterocycles. The maximum Gasteiger partial charge on any atom is 0.117 e. The summed E-state index contributed by atoms with van der Waals surface area (Å²) >= 11 is 0. The SMILES string of the molecule is C=C1/C(=C/C=C2\CCC[C@]3(C)[C@@H]([C@H](C)/C=C/[C@@](C)(O)C(C)(O)CO)CC[C@@H]23)C[C@@H](O)C[C@@H]1O. The lowest BCUT2D eigenvalue weighted by Crippen LogP contribution is -2.51. The van der Waals surface area contributed by atoms with Crippen LogP contribution in [0.15, 0.2) is 47.6 Å². The molecular formula is C28H44O5. The van der Waals surface area contributed by atoms with Crippen LogP contribution in [0.3, 0.4) is 0 Å². The number of aliphatic hydroxyl groups excluding tert-OH is 3. The molecular weight excluding hydrogens is 416 g/mol. The average molecular weight is 461 g/mol.